The van der Waals surface area contributed by atoms with Crippen LogP contribution in [0.15, 0.2) is 42.5 Å². The summed E-state index contributed by atoms with van der Waals surface area (Å²) < 4.78 is 5.35. The highest BCUT2D eigenvalue weighted by Crippen LogP contribution is 2.27. The first kappa shape index (κ1) is 19.0. The Morgan fingerprint density at radius 2 is 1.92 bits per heavy atom. The quantitative estimate of drug-likeness (QED) is 0.782. The molecule has 1 N–H and O–H groups in total. The van der Waals surface area contributed by atoms with E-state index in [-0.39, 0.29) is 11.9 Å². The highest BCUT2D eigenvalue weighted by molar-refractivity contribution is 6.42. The van der Waals surface area contributed by atoms with Gasteiger partial charge in [-0.3, -0.25) is 9.69 Å². The molecule has 138 valence electrons. The first-order valence-corrected chi connectivity index (χ1v) is 9.45. The molecule has 0 saturated carbocycles. The Hall–Kier alpha value is -1.75. The molecule has 0 spiro atoms. The lowest BCUT2D eigenvalue weighted by Gasteiger charge is -2.28. The number of carbonyl (C=O) groups is 1. The van der Waals surface area contributed by atoms with Crippen molar-refractivity contribution in [3.8, 4) is 5.75 Å². The predicted octanol–water partition coefficient (Wildman–Crippen LogP) is 4.57. The largest absolute Gasteiger partial charge is 0.497 e. The summed E-state index contributed by atoms with van der Waals surface area (Å²) in [6, 6.07) is 13.1. The number of rotatable bonds is 6. The molecule has 1 amide bonds. The second-order valence-electron chi connectivity index (χ2n) is 6.37. The minimum absolute atomic E-state index is 0.110. The van der Waals surface area contributed by atoms with E-state index in [2.05, 4.69) is 16.3 Å². The van der Waals surface area contributed by atoms with Gasteiger partial charge in [0.25, 0.3) is 5.91 Å². The van der Waals surface area contributed by atoms with Gasteiger partial charge in [0.15, 0.2) is 0 Å². The van der Waals surface area contributed by atoms with Gasteiger partial charge in [-0.05, 0) is 61.8 Å². The molecule has 4 nitrogen and oxygen atoms in total. The molecule has 1 fully saturated rings. The van der Waals surface area contributed by atoms with Gasteiger partial charge in [0.05, 0.1) is 23.2 Å². The third kappa shape index (κ3) is 4.50. The maximum atomic E-state index is 12.5. The van der Waals surface area contributed by atoms with Gasteiger partial charge in [-0.2, -0.15) is 0 Å². The van der Waals surface area contributed by atoms with Gasteiger partial charge in [0.2, 0.25) is 0 Å². The Morgan fingerprint density at radius 1 is 1.15 bits per heavy atom. The Kier molecular flexibility index (Phi) is 6.41. The number of hydrogen-bond acceptors (Lipinski definition) is 3. The molecule has 0 aliphatic carbocycles. The van der Waals surface area contributed by atoms with Gasteiger partial charge in [-0.15, -0.1) is 0 Å². The molecule has 2 aromatic carbocycles. The van der Waals surface area contributed by atoms with E-state index in [1.165, 1.54) is 12.8 Å². The Labute approximate surface area is 164 Å². The number of nitrogens with zero attached hydrogens (tertiary/aromatic N) is 1. The second kappa shape index (κ2) is 8.76. The molecule has 1 atom stereocenters. The summed E-state index contributed by atoms with van der Waals surface area (Å²) in [7, 11) is 1.66. The molecule has 0 bridgehead atoms. The van der Waals surface area contributed by atoms with E-state index in [0.717, 1.165) is 24.4 Å². The Balaban J connectivity index is 1.75. The van der Waals surface area contributed by atoms with Crippen LogP contribution < -0.4 is 10.1 Å². The van der Waals surface area contributed by atoms with Crippen LogP contribution in [0.3, 0.4) is 0 Å². The first-order chi connectivity index (χ1) is 12.6. The van der Waals surface area contributed by atoms with Crippen LogP contribution in [-0.4, -0.2) is 37.6 Å². The molecule has 1 saturated heterocycles. The van der Waals surface area contributed by atoms with Crippen LogP contribution in [0.25, 0.3) is 0 Å². The molecule has 0 radical (unpaired) electrons. The molecule has 1 unspecified atom stereocenters. The molecule has 1 aliphatic rings. The molecule has 3 rings (SSSR count). The number of carbonyl (C=O) groups excluding carboxylic acids is 1. The third-order valence-electron chi connectivity index (χ3n) is 4.70. The zero-order valence-electron chi connectivity index (χ0n) is 14.7. The van der Waals surface area contributed by atoms with Gasteiger partial charge in [-0.1, -0.05) is 35.3 Å². The van der Waals surface area contributed by atoms with Crippen LogP contribution in [0.4, 0.5) is 0 Å². The van der Waals surface area contributed by atoms with E-state index >= 15 is 0 Å². The zero-order chi connectivity index (χ0) is 18.5. The summed E-state index contributed by atoms with van der Waals surface area (Å²) in [6.07, 6.45) is 2.36. The molecule has 6 heteroatoms. The van der Waals surface area contributed by atoms with Crippen molar-refractivity contribution in [2.24, 2.45) is 0 Å². The fraction of sp³-hybridized carbons (Fsp3) is 0.350. The maximum absolute atomic E-state index is 12.5. The van der Waals surface area contributed by atoms with Gasteiger partial charge in [-0.25, -0.2) is 0 Å². The average Bonchev–Trinajstić information content (AvgIpc) is 3.18. The van der Waals surface area contributed by atoms with Gasteiger partial charge < -0.3 is 10.1 Å². The number of halogens is 2. The SMILES string of the molecule is COc1cccc(C(CNC(=O)c2ccc(Cl)c(Cl)c2)N2CCCC2)c1. The molecule has 1 aliphatic heterocycles. The number of likely N-dealkylation sites (tertiary alicyclic amines) is 1. The van der Waals surface area contributed by atoms with Crippen molar-refractivity contribution < 1.29 is 9.53 Å². The topological polar surface area (TPSA) is 41.6 Å². The highest BCUT2D eigenvalue weighted by Gasteiger charge is 2.24. The summed E-state index contributed by atoms with van der Waals surface area (Å²) in [5.74, 6) is 0.665. The van der Waals surface area contributed by atoms with E-state index in [4.69, 9.17) is 27.9 Å². The van der Waals surface area contributed by atoms with Crippen molar-refractivity contribution in [2.75, 3.05) is 26.7 Å². The van der Waals surface area contributed by atoms with Gasteiger partial charge in [0.1, 0.15) is 5.75 Å². The summed E-state index contributed by atoms with van der Waals surface area (Å²) >= 11 is 11.9. The summed E-state index contributed by atoms with van der Waals surface area (Å²) in [6.45, 7) is 2.58. The van der Waals surface area contributed by atoms with Crippen LogP contribution >= 0.6 is 23.2 Å². The van der Waals surface area contributed by atoms with Crippen molar-refractivity contribution in [1.82, 2.24) is 10.2 Å². The summed E-state index contributed by atoms with van der Waals surface area (Å²) in [5.41, 5.74) is 1.64. The standard InChI is InChI=1S/C20H22Cl2N2O2/c1-26-16-6-4-5-14(11-16)19(24-9-2-3-10-24)13-23-20(25)15-7-8-17(21)18(22)12-15/h4-8,11-12,19H,2-3,9-10,13H2,1H3,(H,23,25). The monoisotopic (exact) mass is 392 g/mol. The first-order valence-electron chi connectivity index (χ1n) is 8.69. The molecule has 2 aromatic rings. The van der Waals surface area contributed by atoms with Crippen molar-refractivity contribution in [2.45, 2.75) is 18.9 Å². The zero-order valence-corrected chi connectivity index (χ0v) is 16.2. The number of ether oxygens (including phenoxy) is 1. The fourth-order valence-corrected chi connectivity index (χ4v) is 3.59. The smallest absolute Gasteiger partial charge is 0.251 e. The minimum atomic E-state index is -0.157. The second-order valence-corrected chi connectivity index (χ2v) is 7.19. The Bertz CT molecular complexity index is 776. The lowest BCUT2D eigenvalue weighted by molar-refractivity contribution is 0.0938. The molecule has 0 aromatic heterocycles. The number of methoxy groups -OCH3 is 1. The number of benzene rings is 2. The average molecular weight is 393 g/mol. The summed E-state index contributed by atoms with van der Waals surface area (Å²) in [4.78, 5) is 14.9. The highest BCUT2D eigenvalue weighted by atomic mass is 35.5. The van der Waals surface area contributed by atoms with E-state index < -0.39 is 0 Å². The Morgan fingerprint density at radius 3 is 2.62 bits per heavy atom. The van der Waals surface area contributed by atoms with Gasteiger partial charge in [0, 0.05) is 12.1 Å². The van der Waals surface area contributed by atoms with E-state index in [0.29, 0.717) is 22.2 Å². The van der Waals surface area contributed by atoms with Crippen molar-refractivity contribution in [3.05, 3.63) is 63.6 Å². The molecular weight excluding hydrogens is 371 g/mol. The van der Waals surface area contributed by atoms with Crippen LogP contribution in [0.2, 0.25) is 10.0 Å². The number of nitrogens with one attached hydrogen (secondary N) is 1. The van der Waals surface area contributed by atoms with Crippen LogP contribution in [-0.2, 0) is 0 Å². The van der Waals surface area contributed by atoms with Crippen LogP contribution in [0.5, 0.6) is 5.75 Å². The van der Waals surface area contributed by atoms with Crippen molar-refractivity contribution in [3.63, 3.8) is 0 Å². The van der Waals surface area contributed by atoms with E-state index in [1.807, 2.05) is 18.2 Å². The predicted molar refractivity (Wildman–Crippen MR) is 105 cm³/mol. The lowest BCUT2D eigenvalue weighted by atomic mass is 10.0. The lowest BCUT2D eigenvalue weighted by Crippen LogP contribution is -2.36. The van der Waals surface area contributed by atoms with Gasteiger partial charge >= 0.3 is 0 Å². The normalized spacial score (nSPS) is 15.7. The number of hydrogen-bond donors (Lipinski definition) is 1. The van der Waals surface area contributed by atoms with Crippen molar-refractivity contribution in [1.29, 1.82) is 0 Å². The fourth-order valence-electron chi connectivity index (χ4n) is 3.29. The maximum Gasteiger partial charge on any atom is 0.251 e. The van der Waals surface area contributed by atoms with Crippen LogP contribution in [0.1, 0.15) is 34.8 Å². The van der Waals surface area contributed by atoms with Crippen molar-refractivity contribution >= 4 is 29.1 Å². The minimum Gasteiger partial charge on any atom is -0.497 e. The summed E-state index contributed by atoms with van der Waals surface area (Å²) in [5, 5.41) is 3.85. The molecule has 1 heterocycles. The third-order valence-corrected chi connectivity index (χ3v) is 5.44. The van der Waals surface area contributed by atoms with E-state index in [9.17, 15) is 4.79 Å². The molecule has 26 heavy (non-hydrogen) atoms. The number of amides is 1. The molecular formula is C20H22Cl2N2O2. The van der Waals surface area contributed by atoms with E-state index in [1.54, 1.807) is 25.3 Å². The van der Waals surface area contributed by atoms with Crippen LogP contribution in [0, 0.1) is 0 Å².